The number of unbranched alkanes of at least 4 members (excludes halogenated alkanes) is 5. The van der Waals surface area contributed by atoms with Gasteiger partial charge in [0.15, 0.2) is 0 Å². The van der Waals surface area contributed by atoms with E-state index < -0.39 is 0 Å². The van der Waals surface area contributed by atoms with Gasteiger partial charge in [0.1, 0.15) is 5.75 Å². The molecular weight excluding hydrogens is 244 g/mol. The predicted molar refractivity (Wildman–Crippen MR) is 78.4 cm³/mol. The average molecular weight is 268 g/mol. The van der Waals surface area contributed by atoms with E-state index in [1.807, 2.05) is 12.1 Å². The smallest absolute Gasteiger partial charge is 0.134 e. The van der Waals surface area contributed by atoms with Gasteiger partial charge in [0.05, 0.1) is 6.61 Å². The van der Waals surface area contributed by atoms with Gasteiger partial charge in [-0.05, 0) is 30.5 Å². The van der Waals surface area contributed by atoms with Crippen molar-refractivity contribution >= 4 is 12.6 Å². The monoisotopic (exact) mass is 268 g/mol. The number of aliphatic hydroxyl groups is 1. The molecule has 18 heavy (non-hydrogen) atoms. The van der Waals surface area contributed by atoms with Gasteiger partial charge in [-0.2, -0.15) is 0 Å². The predicted octanol–water partition coefficient (Wildman–Crippen LogP) is 4.08. The van der Waals surface area contributed by atoms with Crippen molar-refractivity contribution in [2.45, 2.75) is 63.4 Å². The first-order valence-electron chi connectivity index (χ1n) is 6.83. The Morgan fingerprint density at radius 2 is 1.72 bits per heavy atom. The summed E-state index contributed by atoms with van der Waals surface area (Å²) in [7, 11) is 0. The van der Waals surface area contributed by atoms with E-state index in [-0.39, 0.29) is 12.4 Å². The Kier molecular flexibility index (Phi) is 7.21. The Bertz CT molecular complexity index is 364. The number of rotatable bonds is 8. The van der Waals surface area contributed by atoms with Crippen molar-refractivity contribution < 1.29 is 10.2 Å². The van der Waals surface area contributed by atoms with Crippen LogP contribution in [-0.4, -0.2) is 10.2 Å². The lowest BCUT2D eigenvalue weighted by Gasteiger charge is -2.08. The Morgan fingerprint density at radius 3 is 2.39 bits per heavy atom. The van der Waals surface area contributed by atoms with Crippen molar-refractivity contribution in [1.29, 1.82) is 0 Å². The first-order valence-corrected chi connectivity index (χ1v) is 7.28. The lowest BCUT2D eigenvalue weighted by molar-refractivity contribution is 0.274. The second-order valence-corrected chi connectivity index (χ2v) is 5.28. The molecule has 0 saturated carbocycles. The molecule has 0 unspecified atom stereocenters. The zero-order chi connectivity index (χ0) is 13.4. The van der Waals surface area contributed by atoms with E-state index in [0.717, 1.165) is 18.4 Å². The molecule has 0 bridgehead atoms. The summed E-state index contributed by atoms with van der Waals surface area (Å²) >= 11 is 4.22. The molecule has 1 rings (SSSR count). The fourth-order valence-electron chi connectivity index (χ4n) is 2.12. The second-order valence-electron chi connectivity index (χ2n) is 4.80. The van der Waals surface area contributed by atoms with Crippen LogP contribution in [0.4, 0.5) is 0 Å². The third-order valence-electron chi connectivity index (χ3n) is 3.22. The summed E-state index contributed by atoms with van der Waals surface area (Å²) in [6.45, 7) is 2.09. The molecular formula is C15H24O2S. The number of benzene rings is 1. The molecule has 0 aliphatic heterocycles. The Labute approximate surface area is 115 Å². The molecule has 1 aromatic rings. The van der Waals surface area contributed by atoms with Crippen molar-refractivity contribution in [2.75, 3.05) is 0 Å². The number of hydrogen-bond donors (Lipinski definition) is 3. The van der Waals surface area contributed by atoms with Crippen LogP contribution in [0.1, 0.15) is 56.6 Å². The molecule has 0 aliphatic carbocycles. The highest BCUT2D eigenvalue weighted by Crippen LogP contribution is 2.28. The Balaban J connectivity index is 2.40. The number of aliphatic hydroxyl groups excluding tert-OH is 1. The summed E-state index contributed by atoms with van der Waals surface area (Å²) in [5.41, 5.74) is 1.72. The third-order valence-corrected chi connectivity index (χ3v) is 3.56. The van der Waals surface area contributed by atoms with Crippen LogP contribution in [0.3, 0.4) is 0 Å². The molecule has 0 saturated heterocycles. The molecule has 102 valence electrons. The molecule has 1 aromatic carbocycles. The molecule has 0 fully saturated rings. The molecule has 0 aliphatic rings. The zero-order valence-electron chi connectivity index (χ0n) is 11.2. The van der Waals surface area contributed by atoms with Gasteiger partial charge in [-0.1, -0.05) is 39.0 Å². The molecule has 0 radical (unpaired) electrons. The van der Waals surface area contributed by atoms with E-state index in [2.05, 4.69) is 19.6 Å². The topological polar surface area (TPSA) is 40.5 Å². The van der Waals surface area contributed by atoms with E-state index in [9.17, 15) is 5.11 Å². The van der Waals surface area contributed by atoms with Gasteiger partial charge in [-0.25, -0.2) is 0 Å². The fourth-order valence-corrected chi connectivity index (χ4v) is 2.43. The molecule has 2 N–H and O–H groups in total. The van der Waals surface area contributed by atoms with Crippen molar-refractivity contribution in [3.63, 3.8) is 0 Å². The van der Waals surface area contributed by atoms with Crippen molar-refractivity contribution in [3.05, 3.63) is 23.3 Å². The molecule has 3 heteroatoms. The average Bonchev–Trinajstić information content (AvgIpc) is 2.37. The van der Waals surface area contributed by atoms with Crippen LogP contribution in [0.15, 0.2) is 17.0 Å². The van der Waals surface area contributed by atoms with Crippen LogP contribution in [0, 0.1) is 0 Å². The highest BCUT2D eigenvalue weighted by molar-refractivity contribution is 7.80. The quantitative estimate of drug-likeness (QED) is 0.491. The number of thiol groups is 1. The molecule has 0 aromatic heterocycles. The van der Waals surface area contributed by atoms with Gasteiger partial charge in [0.2, 0.25) is 0 Å². The number of hydrogen-bond acceptors (Lipinski definition) is 3. The summed E-state index contributed by atoms with van der Waals surface area (Å²) in [4.78, 5) is 0.558. The number of aromatic hydroxyl groups is 1. The normalized spacial score (nSPS) is 10.8. The van der Waals surface area contributed by atoms with Gasteiger partial charge in [-0.15, -0.1) is 12.6 Å². The van der Waals surface area contributed by atoms with Crippen LogP contribution >= 0.6 is 12.6 Å². The maximum Gasteiger partial charge on any atom is 0.134 e. The van der Waals surface area contributed by atoms with E-state index in [1.165, 1.54) is 32.1 Å². The summed E-state index contributed by atoms with van der Waals surface area (Å²) in [5.74, 6) is 0.104. The third kappa shape index (κ3) is 4.91. The van der Waals surface area contributed by atoms with Crippen LogP contribution in [0.5, 0.6) is 5.75 Å². The lowest BCUT2D eigenvalue weighted by atomic mass is 10.0. The highest BCUT2D eigenvalue weighted by atomic mass is 32.1. The number of phenols is 1. The fraction of sp³-hybridized carbons (Fsp3) is 0.600. The minimum absolute atomic E-state index is 0.104. The Hall–Kier alpha value is -0.670. The highest BCUT2D eigenvalue weighted by Gasteiger charge is 2.06. The van der Waals surface area contributed by atoms with Crippen LogP contribution in [0.25, 0.3) is 0 Å². The molecule has 0 spiro atoms. The standard InChI is InChI=1S/C15H24O2S/c1-2-3-4-5-6-7-8-12-9-13(11-16)15(17)14(18)10-12/h9-10,16-18H,2-8,11H2,1H3. The maximum absolute atomic E-state index is 9.65. The van der Waals surface area contributed by atoms with Crippen molar-refractivity contribution in [1.82, 2.24) is 0 Å². The van der Waals surface area contributed by atoms with Gasteiger partial charge in [0.25, 0.3) is 0 Å². The van der Waals surface area contributed by atoms with E-state index in [4.69, 9.17) is 5.11 Å². The first kappa shape index (κ1) is 15.4. The molecule has 2 nitrogen and oxygen atoms in total. The summed E-state index contributed by atoms with van der Waals surface area (Å²) in [5, 5.41) is 18.8. The minimum Gasteiger partial charge on any atom is -0.506 e. The van der Waals surface area contributed by atoms with E-state index >= 15 is 0 Å². The van der Waals surface area contributed by atoms with Crippen LogP contribution in [-0.2, 0) is 13.0 Å². The van der Waals surface area contributed by atoms with Gasteiger partial charge >= 0.3 is 0 Å². The van der Waals surface area contributed by atoms with Gasteiger partial charge < -0.3 is 10.2 Å². The summed E-state index contributed by atoms with van der Waals surface area (Å²) < 4.78 is 0. The van der Waals surface area contributed by atoms with E-state index in [1.54, 1.807) is 0 Å². The maximum atomic E-state index is 9.65. The molecule has 0 heterocycles. The van der Waals surface area contributed by atoms with Crippen molar-refractivity contribution in [3.8, 4) is 5.75 Å². The van der Waals surface area contributed by atoms with Crippen LogP contribution < -0.4 is 0 Å². The Morgan fingerprint density at radius 1 is 1.06 bits per heavy atom. The largest absolute Gasteiger partial charge is 0.506 e. The lowest BCUT2D eigenvalue weighted by Crippen LogP contribution is -1.92. The zero-order valence-corrected chi connectivity index (χ0v) is 12.0. The van der Waals surface area contributed by atoms with Gasteiger partial charge in [-0.3, -0.25) is 0 Å². The molecule has 0 amide bonds. The second kappa shape index (κ2) is 8.44. The SMILES string of the molecule is CCCCCCCCc1cc(S)c(O)c(CO)c1. The first-order chi connectivity index (χ1) is 8.69. The van der Waals surface area contributed by atoms with E-state index in [0.29, 0.717) is 10.5 Å². The summed E-state index contributed by atoms with van der Waals surface area (Å²) in [6.07, 6.45) is 8.63. The molecule has 0 atom stereocenters. The van der Waals surface area contributed by atoms with Gasteiger partial charge in [0, 0.05) is 10.5 Å². The summed E-state index contributed by atoms with van der Waals surface area (Å²) in [6, 6.07) is 3.77. The minimum atomic E-state index is -0.135. The van der Waals surface area contributed by atoms with Crippen LogP contribution in [0.2, 0.25) is 0 Å². The van der Waals surface area contributed by atoms with Crippen molar-refractivity contribution in [2.24, 2.45) is 0 Å². The number of aryl methyl sites for hydroxylation is 1.